The van der Waals surface area contributed by atoms with Crippen LogP contribution in [0.4, 0.5) is 9.39 Å². The molecule has 0 unspecified atom stereocenters. The summed E-state index contributed by atoms with van der Waals surface area (Å²) < 4.78 is 19.5. The van der Waals surface area contributed by atoms with E-state index in [4.69, 9.17) is 4.74 Å². The molecule has 0 aliphatic carbocycles. The van der Waals surface area contributed by atoms with Crippen LogP contribution in [0.25, 0.3) is 5.69 Å². The van der Waals surface area contributed by atoms with E-state index in [0.717, 1.165) is 4.88 Å². The van der Waals surface area contributed by atoms with Crippen molar-refractivity contribution >= 4 is 28.2 Å². The molecular weight excluding hydrogens is 397 g/mol. The Kier molecular flexibility index (Phi) is 5.88. The van der Waals surface area contributed by atoms with Gasteiger partial charge in [-0.2, -0.15) is 5.10 Å². The second-order valence-corrected chi connectivity index (χ2v) is 7.34. The molecule has 1 amide bonds. The lowest BCUT2D eigenvalue weighted by atomic mass is 10.1. The number of halogens is 1. The SMILES string of the molecule is CCOC(=O)c1c(NC(=O)c2nn(-c3ccc(F)cc3)ccc2=O)sc(C)c1C. The number of aryl methyl sites for hydroxylation is 1. The molecule has 0 bridgehead atoms. The van der Waals surface area contributed by atoms with Gasteiger partial charge in [-0.1, -0.05) is 0 Å². The van der Waals surface area contributed by atoms with Crippen molar-refractivity contribution < 1.29 is 18.7 Å². The quantitative estimate of drug-likeness (QED) is 0.645. The van der Waals surface area contributed by atoms with Gasteiger partial charge in [0, 0.05) is 17.1 Å². The molecule has 0 radical (unpaired) electrons. The number of amides is 1. The third kappa shape index (κ3) is 4.24. The number of hydrogen-bond donors (Lipinski definition) is 1. The monoisotopic (exact) mass is 415 g/mol. The zero-order chi connectivity index (χ0) is 21.1. The molecule has 2 heterocycles. The first-order valence-electron chi connectivity index (χ1n) is 8.76. The second kappa shape index (κ2) is 8.36. The minimum absolute atomic E-state index is 0.198. The highest BCUT2D eigenvalue weighted by atomic mass is 32.1. The van der Waals surface area contributed by atoms with Gasteiger partial charge in [-0.25, -0.2) is 13.9 Å². The standard InChI is InChI=1S/C20H18FN3O4S/c1-4-28-20(27)16-11(2)12(3)29-19(16)22-18(26)17-15(25)9-10-24(23-17)14-7-5-13(21)6-8-14/h5-10H,4H2,1-3H3,(H,22,26). The molecule has 7 nitrogen and oxygen atoms in total. The Morgan fingerprint density at radius 3 is 2.55 bits per heavy atom. The number of carbonyl (C=O) groups is 2. The maximum Gasteiger partial charge on any atom is 0.341 e. The van der Waals surface area contributed by atoms with E-state index in [1.165, 1.54) is 52.5 Å². The fraction of sp³-hybridized carbons (Fsp3) is 0.200. The molecule has 0 aliphatic heterocycles. The molecule has 150 valence electrons. The number of nitrogens with zero attached hydrogens (tertiary/aromatic N) is 2. The van der Waals surface area contributed by atoms with Gasteiger partial charge in [-0.15, -0.1) is 11.3 Å². The maximum atomic E-state index is 13.1. The minimum atomic E-state index is -0.752. The number of ether oxygens (including phenoxy) is 1. The molecule has 0 aliphatic rings. The molecule has 0 atom stereocenters. The summed E-state index contributed by atoms with van der Waals surface area (Å²) in [6.45, 7) is 5.47. The van der Waals surface area contributed by atoms with Crippen LogP contribution in [-0.4, -0.2) is 28.3 Å². The van der Waals surface area contributed by atoms with Crippen LogP contribution in [0.3, 0.4) is 0 Å². The van der Waals surface area contributed by atoms with Gasteiger partial charge in [0.25, 0.3) is 5.91 Å². The van der Waals surface area contributed by atoms with Crippen LogP contribution in [0, 0.1) is 19.7 Å². The van der Waals surface area contributed by atoms with E-state index in [1.54, 1.807) is 13.8 Å². The van der Waals surface area contributed by atoms with Gasteiger partial charge in [0.2, 0.25) is 5.43 Å². The Morgan fingerprint density at radius 2 is 1.90 bits per heavy atom. The smallest absolute Gasteiger partial charge is 0.341 e. The number of nitrogens with one attached hydrogen (secondary N) is 1. The van der Waals surface area contributed by atoms with Crippen molar-refractivity contribution in [1.29, 1.82) is 0 Å². The lowest BCUT2D eigenvalue weighted by Crippen LogP contribution is -2.25. The first kappa shape index (κ1) is 20.4. The number of thiophene rings is 1. The Labute approximate surface area is 169 Å². The molecule has 9 heteroatoms. The van der Waals surface area contributed by atoms with Crippen LogP contribution in [0.2, 0.25) is 0 Å². The molecule has 29 heavy (non-hydrogen) atoms. The normalized spacial score (nSPS) is 10.6. The van der Waals surface area contributed by atoms with Crippen LogP contribution in [0.15, 0.2) is 41.3 Å². The van der Waals surface area contributed by atoms with Crippen molar-refractivity contribution in [1.82, 2.24) is 9.78 Å². The number of benzene rings is 1. The second-order valence-electron chi connectivity index (χ2n) is 6.11. The van der Waals surface area contributed by atoms with E-state index in [0.29, 0.717) is 16.3 Å². The molecule has 0 saturated heterocycles. The van der Waals surface area contributed by atoms with Gasteiger partial charge in [0.05, 0.1) is 17.9 Å². The van der Waals surface area contributed by atoms with Gasteiger partial charge in [0.15, 0.2) is 5.69 Å². The average Bonchev–Trinajstić information content (AvgIpc) is 2.96. The van der Waals surface area contributed by atoms with E-state index in [-0.39, 0.29) is 17.9 Å². The number of esters is 1. The molecule has 2 aromatic heterocycles. The van der Waals surface area contributed by atoms with Gasteiger partial charge >= 0.3 is 5.97 Å². The van der Waals surface area contributed by atoms with Crippen molar-refractivity contribution in [2.45, 2.75) is 20.8 Å². The lowest BCUT2D eigenvalue weighted by Gasteiger charge is -2.09. The number of aromatic nitrogens is 2. The molecule has 3 aromatic rings. The third-order valence-corrected chi connectivity index (χ3v) is 5.33. The van der Waals surface area contributed by atoms with Crippen molar-refractivity contribution in [3.05, 3.63) is 74.3 Å². The van der Waals surface area contributed by atoms with Crippen LogP contribution in [-0.2, 0) is 4.74 Å². The fourth-order valence-corrected chi connectivity index (χ4v) is 3.67. The van der Waals surface area contributed by atoms with Gasteiger partial charge in [-0.3, -0.25) is 9.59 Å². The highest BCUT2D eigenvalue weighted by molar-refractivity contribution is 7.16. The van der Waals surface area contributed by atoms with E-state index >= 15 is 0 Å². The molecule has 1 aromatic carbocycles. The van der Waals surface area contributed by atoms with E-state index < -0.39 is 23.1 Å². The number of rotatable bonds is 5. The Morgan fingerprint density at radius 1 is 1.21 bits per heavy atom. The Bertz CT molecular complexity index is 1140. The summed E-state index contributed by atoms with van der Waals surface area (Å²) in [5.74, 6) is -1.71. The number of hydrogen-bond acceptors (Lipinski definition) is 6. The van der Waals surface area contributed by atoms with Crippen molar-refractivity contribution in [3.63, 3.8) is 0 Å². The number of carbonyl (C=O) groups excluding carboxylic acids is 2. The molecule has 1 N–H and O–H groups in total. The summed E-state index contributed by atoms with van der Waals surface area (Å²) >= 11 is 1.22. The fourth-order valence-electron chi connectivity index (χ4n) is 2.63. The van der Waals surface area contributed by atoms with E-state index in [9.17, 15) is 18.8 Å². The van der Waals surface area contributed by atoms with Crippen LogP contribution in [0.1, 0.15) is 38.2 Å². The van der Waals surface area contributed by atoms with Gasteiger partial charge < -0.3 is 10.1 Å². The zero-order valence-electron chi connectivity index (χ0n) is 16.0. The van der Waals surface area contributed by atoms with Crippen molar-refractivity contribution in [2.24, 2.45) is 0 Å². The maximum absolute atomic E-state index is 13.1. The minimum Gasteiger partial charge on any atom is -0.462 e. The summed E-state index contributed by atoms with van der Waals surface area (Å²) in [5.41, 5.74) is 0.514. The predicted octanol–water partition coefficient (Wildman–Crippen LogP) is 3.48. The first-order valence-corrected chi connectivity index (χ1v) is 9.57. The van der Waals surface area contributed by atoms with Gasteiger partial charge in [0.1, 0.15) is 10.8 Å². The first-order chi connectivity index (χ1) is 13.8. The van der Waals surface area contributed by atoms with Crippen molar-refractivity contribution in [2.75, 3.05) is 11.9 Å². The zero-order valence-corrected chi connectivity index (χ0v) is 16.8. The van der Waals surface area contributed by atoms with E-state index in [1.807, 2.05) is 6.92 Å². The van der Waals surface area contributed by atoms with E-state index in [2.05, 4.69) is 10.4 Å². The lowest BCUT2D eigenvalue weighted by molar-refractivity contribution is 0.0527. The molecule has 0 spiro atoms. The Balaban J connectivity index is 1.95. The topological polar surface area (TPSA) is 90.3 Å². The van der Waals surface area contributed by atoms with Crippen molar-refractivity contribution in [3.8, 4) is 5.69 Å². The van der Waals surface area contributed by atoms with Crippen LogP contribution in [0.5, 0.6) is 0 Å². The third-order valence-electron chi connectivity index (χ3n) is 4.21. The average molecular weight is 415 g/mol. The highest BCUT2D eigenvalue weighted by Gasteiger charge is 2.24. The molecular formula is C20H18FN3O4S. The van der Waals surface area contributed by atoms with Gasteiger partial charge in [-0.05, 0) is 50.6 Å². The molecule has 0 fully saturated rings. The summed E-state index contributed by atoms with van der Waals surface area (Å²) in [6, 6.07) is 6.64. The summed E-state index contributed by atoms with van der Waals surface area (Å²) in [7, 11) is 0. The Hall–Kier alpha value is -3.33. The summed E-state index contributed by atoms with van der Waals surface area (Å²) in [6.07, 6.45) is 1.38. The highest BCUT2D eigenvalue weighted by Crippen LogP contribution is 2.33. The molecule has 3 rings (SSSR count). The molecule has 0 saturated carbocycles. The van der Waals surface area contributed by atoms with Crippen LogP contribution >= 0.6 is 11.3 Å². The predicted molar refractivity (Wildman–Crippen MR) is 107 cm³/mol. The summed E-state index contributed by atoms with van der Waals surface area (Å²) in [5, 5.41) is 6.96. The number of anilines is 1. The van der Waals surface area contributed by atoms with Crippen LogP contribution < -0.4 is 10.7 Å². The summed E-state index contributed by atoms with van der Waals surface area (Å²) in [4.78, 5) is 38.0. The largest absolute Gasteiger partial charge is 0.462 e.